The number of carbonyl (C=O) groups excluding carboxylic acids is 1. The molecule has 0 radical (unpaired) electrons. The lowest BCUT2D eigenvalue weighted by Gasteiger charge is -2.09. The van der Waals surface area contributed by atoms with Crippen molar-refractivity contribution < 1.29 is 9.53 Å². The minimum atomic E-state index is -0.411. The fourth-order valence-corrected chi connectivity index (χ4v) is 1.83. The second kappa shape index (κ2) is 5.38. The van der Waals surface area contributed by atoms with Gasteiger partial charge in [0, 0.05) is 13.3 Å². The first-order chi connectivity index (χ1) is 9.02. The zero-order valence-electron chi connectivity index (χ0n) is 10.4. The Morgan fingerprint density at radius 3 is 2.95 bits per heavy atom. The Bertz CT molecular complexity index is 696. The van der Waals surface area contributed by atoms with E-state index >= 15 is 0 Å². The highest BCUT2D eigenvalue weighted by molar-refractivity contribution is 6.30. The lowest BCUT2D eigenvalue weighted by molar-refractivity contribution is -0.119. The third-order valence-corrected chi connectivity index (χ3v) is 2.73. The molecule has 0 spiro atoms. The summed E-state index contributed by atoms with van der Waals surface area (Å²) >= 11 is 5.84. The number of pyridine rings is 1. The highest BCUT2D eigenvalue weighted by Gasteiger charge is 2.12. The van der Waals surface area contributed by atoms with Gasteiger partial charge in [-0.3, -0.25) is 14.0 Å². The Balaban J connectivity index is 2.55. The van der Waals surface area contributed by atoms with E-state index in [-0.39, 0.29) is 17.9 Å². The number of methoxy groups -OCH3 is 1. The molecule has 0 atom stereocenters. The number of ether oxygens (including phenoxy) is 1. The number of rotatable bonds is 3. The van der Waals surface area contributed by atoms with Gasteiger partial charge in [0.15, 0.2) is 0 Å². The molecule has 6 nitrogen and oxygen atoms in total. The molecule has 2 heterocycles. The van der Waals surface area contributed by atoms with Crippen LogP contribution in [0.15, 0.2) is 23.1 Å². The number of fused-ring (bicyclic) bond motifs is 1. The molecule has 2 aromatic heterocycles. The number of carbonyl (C=O) groups is 1. The van der Waals surface area contributed by atoms with Gasteiger partial charge in [0.1, 0.15) is 17.9 Å². The Labute approximate surface area is 114 Å². The van der Waals surface area contributed by atoms with Gasteiger partial charge in [0.2, 0.25) is 0 Å². The fourth-order valence-electron chi connectivity index (χ4n) is 1.67. The van der Waals surface area contributed by atoms with Gasteiger partial charge in [0.05, 0.1) is 10.7 Å². The molecule has 7 heteroatoms. The van der Waals surface area contributed by atoms with Crippen molar-refractivity contribution in [3.8, 4) is 0 Å². The lowest BCUT2D eigenvalue weighted by Crippen LogP contribution is -2.26. The summed E-state index contributed by atoms with van der Waals surface area (Å²) in [6.07, 6.45) is 1.46. The zero-order valence-corrected chi connectivity index (χ0v) is 11.2. The Hall–Kier alpha value is -1.92. The Morgan fingerprint density at radius 1 is 1.53 bits per heavy atom. The summed E-state index contributed by atoms with van der Waals surface area (Å²) in [6, 6.07) is 3.28. The summed E-state index contributed by atoms with van der Waals surface area (Å²) in [5, 5.41) is 2.90. The first-order valence-corrected chi connectivity index (χ1v) is 5.88. The van der Waals surface area contributed by atoms with Gasteiger partial charge >= 0.3 is 0 Å². The minimum absolute atomic E-state index is 0.127. The number of aryl methyl sites for hydroxylation is 1. The molecule has 0 aliphatic heterocycles. The Kier molecular flexibility index (Phi) is 3.82. The topological polar surface area (TPSA) is 72.7 Å². The number of nitrogens with zero attached hydrogens (tertiary/aromatic N) is 2. The second-order valence-corrected chi connectivity index (χ2v) is 4.37. The Morgan fingerprint density at radius 2 is 2.26 bits per heavy atom. The van der Waals surface area contributed by atoms with Crippen LogP contribution < -0.4 is 10.9 Å². The number of aromatic nitrogens is 2. The summed E-state index contributed by atoms with van der Waals surface area (Å²) in [5.74, 6) is -0.411. The largest absolute Gasteiger partial charge is 0.375 e. The van der Waals surface area contributed by atoms with Gasteiger partial charge in [-0.1, -0.05) is 11.6 Å². The lowest BCUT2D eigenvalue weighted by atomic mass is 10.3. The van der Waals surface area contributed by atoms with E-state index in [0.29, 0.717) is 16.4 Å². The SMILES string of the molecule is COCC(=O)Nc1c(C)nc2ccc(Cl)cn2c1=O. The fraction of sp³-hybridized carbons (Fsp3) is 0.250. The molecular weight excluding hydrogens is 270 g/mol. The van der Waals surface area contributed by atoms with Crippen molar-refractivity contribution in [3.05, 3.63) is 39.4 Å². The van der Waals surface area contributed by atoms with Crippen LogP contribution in [-0.4, -0.2) is 29.0 Å². The second-order valence-electron chi connectivity index (χ2n) is 3.93. The van der Waals surface area contributed by atoms with Gasteiger partial charge in [-0.25, -0.2) is 4.98 Å². The van der Waals surface area contributed by atoms with Gasteiger partial charge in [0.25, 0.3) is 11.5 Å². The van der Waals surface area contributed by atoms with E-state index < -0.39 is 5.91 Å². The average molecular weight is 282 g/mol. The number of hydrogen-bond acceptors (Lipinski definition) is 4. The van der Waals surface area contributed by atoms with Crippen molar-refractivity contribution in [2.75, 3.05) is 19.0 Å². The summed E-state index contributed by atoms with van der Waals surface area (Å²) in [5.41, 5.74) is 0.657. The number of amides is 1. The predicted octanol–water partition coefficient (Wildman–Crippen LogP) is 1.24. The van der Waals surface area contributed by atoms with Crippen LogP contribution in [0.2, 0.25) is 5.02 Å². The van der Waals surface area contributed by atoms with E-state index in [2.05, 4.69) is 10.3 Å². The van der Waals surface area contributed by atoms with Crippen LogP contribution in [-0.2, 0) is 9.53 Å². The summed E-state index contributed by atoms with van der Waals surface area (Å²) in [4.78, 5) is 28.0. The number of halogens is 1. The van der Waals surface area contributed by atoms with Gasteiger partial charge in [-0.2, -0.15) is 0 Å². The zero-order chi connectivity index (χ0) is 14.0. The summed E-state index contributed by atoms with van der Waals surface area (Å²) in [7, 11) is 1.40. The molecule has 0 unspecified atom stereocenters. The highest BCUT2D eigenvalue weighted by atomic mass is 35.5. The third-order valence-electron chi connectivity index (χ3n) is 2.51. The summed E-state index contributed by atoms with van der Waals surface area (Å²) < 4.78 is 5.99. The van der Waals surface area contributed by atoms with Crippen molar-refractivity contribution >= 4 is 28.8 Å². The maximum Gasteiger partial charge on any atom is 0.281 e. The molecule has 0 aromatic carbocycles. The van der Waals surface area contributed by atoms with Crippen LogP contribution in [0.3, 0.4) is 0 Å². The minimum Gasteiger partial charge on any atom is -0.375 e. The van der Waals surface area contributed by atoms with Crippen LogP contribution in [0.5, 0.6) is 0 Å². The van der Waals surface area contributed by atoms with E-state index in [9.17, 15) is 9.59 Å². The average Bonchev–Trinajstić information content (AvgIpc) is 2.36. The van der Waals surface area contributed by atoms with E-state index in [1.807, 2.05) is 0 Å². The van der Waals surface area contributed by atoms with Crippen LogP contribution >= 0.6 is 11.6 Å². The van der Waals surface area contributed by atoms with Gasteiger partial charge in [-0.05, 0) is 19.1 Å². The standard InChI is InChI=1S/C12H12ClN3O3/c1-7-11(15-10(17)6-19-2)12(18)16-5-8(13)3-4-9(16)14-7/h3-5H,6H2,1-2H3,(H,15,17). The van der Waals surface area contributed by atoms with Gasteiger partial charge in [-0.15, -0.1) is 0 Å². The van der Waals surface area contributed by atoms with E-state index in [1.54, 1.807) is 19.1 Å². The maximum atomic E-state index is 12.3. The molecule has 0 fully saturated rings. The van der Waals surface area contributed by atoms with Crippen LogP contribution in [0.4, 0.5) is 5.69 Å². The van der Waals surface area contributed by atoms with Crippen molar-refractivity contribution in [1.29, 1.82) is 0 Å². The molecule has 1 amide bonds. The molecule has 2 rings (SSSR count). The smallest absolute Gasteiger partial charge is 0.281 e. The quantitative estimate of drug-likeness (QED) is 0.919. The maximum absolute atomic E-state index is 12.3. The van der Waals surface area contributed by atoms with Crippen LogP contribution in [0.25, 0.3) is 5.65 Å². The number of hydrogen-bond donors (Lipinski definition) is 1. The molecule has 2 aromatic rings. The van der Waals surface area contributed by atoms with Crippen LogP contribution in [0, 0.1) is 6.92 Å². The normalized spacial score (nSPS) is 10.7. The van der Waals surface area contributed by atoms with E-state index in [0.717, 1.165) is 0 Å². The molecule has 0 bridgehead atoms. The molecule has 0 aliphatic rings. The molecule has 0 aliphatic carbocycles. The first-order valence-electron chi connectivity index (χ1n) is 5.50. The number of nitrogens with one attached hydrogen (secondary N) is 1. The molecule has 19 heavy (non-hydrogen) atoms. The molecule has 0 saturated heterocycles. The first kappa shape index (κ1) is 13.5. The molecule has 100 valence electrons. The summed E-state index contributed by atoms with van der Waals surface area (Å²) in [6.45, 7) is 1.52. The molecule has 1 N–H and O–H groups in total. The van der Waals surface area contributed by atoms with Gasteiger partial charge < -0.3 is 10.1 Å². The third kappa shape index (κ3) is 2.74. The van der Waals surface area contributed by atoms with Crippen molar-refractivity contribution in [2.45, 2.75) is 6.92 Å². The van der Waals surface area contributed by atoms with Crippen molar-refractivity contribution in [3.63, 3.8) is 0 Å². The number of anilines is 1. The van der Waals surface area contributed by atoms with E-state index in [4.69, 9.17) is 16.3 Å². The highest BCUT2D eigenvalue weighted by Crippen LogP contribution is 2.12. The predicted molar refractivity (Wildman–Crippen MR) is 71.7 cm³/mol. The van der Waals surface area contributed by atoms with Crippen LogP contribution in [0.1, 0.15) is 5.69 Å². The monoisotopic (exact) mass is 281 g/mol. The van der Waals surface area contributed by atoms with Crippen molar-refractivity contribution in [1.82, 2.24) is 9.38 Å². The van der Waals surface area contributed by atoms with Crippen molar-refractivity contribution in [2.24, 2.45) is 0 Å². The molecular formula is C12H12ClN3O3. The molecule has 0 saturated carbocycles. The van der Waals surface area contributed by atoms with E-state index in [1.165, 1.54) is 17.7 Å².